The zero-order valence-corrected chi connectivity index (χ0v) is 20.8. The number of hydrogen-bond donors (Lipinski definition) is 1. The van der Waals surface area contributed by atoms with Gasteiger partial charge in [-0.15, -0.1) is 0 Å². The van der Waals surface area contributed by atoms with E-state index in [2.05, 4.69) is 21.4 Å². The van der Waals surface area contributed by atoms with Crippen molar-refractivity contribution in [2.45, 2.75) is 13.7 Å². The van der Waals surface area contributed by atoms with Gasteiger partial charge < -0.3 is 15.0 Å². The van der Waals surface area contributed by atoms with Crippen LogP contribution in [0.5, 0.6) is 0 Å². The molecule has 1 N–H and O–H groups in total. The molecule has 186 valence electrons. The first-order valence-corrected chi connectivity index (χ1v) is 11.6. The summed E-state index contributed by atoms with van der Waals surface area (Å²) in [4.78, 5) is 34.4. The molecule has 0 saturated carbocycles. The van der Waals surface area contributed by atoms with Gasteiger partial charge in [0.15, 0.2) is 6.73 Å². The largest absolute Gasteiger partial charge is 0.444 e. The molecule has 0 aliphatic rings. The Morgan fingerprint density at radius 3 is 2.73 bits per heavy atom. The highest BCUT2D eigenvalue weighted by Gasteiger charge is 2.15. The highest BCUT2D eigenvalue weighted by molar-refractivity contribution is 6.00. The van der Waals surface area contributed by atoms with E-state index in [1.807, 2.05) is 61.6 Å². The second-order valence-corrected chi connectivity index (χ2v) is 8.65. The zero-order valence-electron chi connectivity index (χ0n) is 20.8. The number of hydrogen-bond acceptors (Lipinski definition) is 7. The van der Waals surface area contributed by atoms with Crippen molar-refractivity contribution in [2.75, 3.05) is 26.0 Å². The van der Waals surface area contributed by atoms with Crippen molar-refractivity contribution < 1.29 is 14.3 Å². The fraction of sp³-hybridized carbons (Fsp3) is 0.179. The number of nitrogens with zero attached hydrogens (tertiary/aromatic N) is 5. The highest BCUT2D eigenvalue weighted by atomic mass is 16.5. The van der Waals surface area contributed by atoms with Gasteiger partial charge in [0.1, 0.15) is 17.4 Å². The third kappa shape index (κ3) is 6.25. The summed E-state index contributed by atoms with van der Waals surface area (Å²) in [7, 11) is 3.87. The topological polar surface area (TPSA) is 113 Å². The average molecular weight is 495 g/mol. The Hall–Kier alpha value is -4.81. The number of carbonyl (C=O) groups excluding carboxylic acids is 2. The fourth-order valence-corrected chi connectivity index (χ4v) is 3.81. The second-order valence-electron chi connectivity index (χ2n) is 8.65. The summed E-state index contributed by atoms with van der Waals surface area (Å²) in [6.07, 6.45) is 8.48. The number of benzene rings is 1. The van der Waals surface area contributed by atoms with Crippen LogP contribution in [-0.2, 0) is 21.1 Å². The summed E-state index contributed by atoms with van der Waals surface area (Å²) in [5.74, 6) is -0.602. The molecule has 9 heteroatoms. The molecule has 1 aromatic carbocycles. The number of aromatic nitrogens is 3. The Morgan fingerprint density at radius 1 is 1.14 bits per heavy atom. The fourth-order valence-electron chi connectivity index (χ4n) is 3.81. The quantitative estimate of drug-likeness (QED) is 0.288. The number of likely N-dealkylation sites (N-methyl/N-ethyl adjacent to an activating group) is 1. The van der Waals surface area contributed by atoms with E-state index in [4.69, 9.17) is 4.74 Å². The van der Waals surface area contributed by atoms with Crippen LogP contribution in [0.4, 0.5) is 5.69 Å². The summed E-state index contributed by atoms with van der Waals surface area (Å²) in [6.45, 7) is 2.03. The molecule has 0 radical (unpaired) electrons. The van der Waals surface area contributed by atoms with E-state index in [0.29, 0.717) is 23.6 Å². The monoisotopic (exact) mass is 494 g/mol. The molecule has 3 aromatic heterocycles. The number of anilines is 1. The molecule has 0 aliphatic carbocycles. The van der Waals surface area contributed by atoms with E-state index in [9.17, 15) is 14.9 Å². The molecule has 0 spiro atoms. The summed E-state index contributed by atoms with van der Waals surface area (Å²) in [5, 5.41) is 13.0. The Morgan fingerprint density at radius 2 is 1.97 bits per heavy atom. The number of nitrogens with one attached hydrogen (secondary N) is 1. The summed E-state index contributed by atoms with van der Waals surface area (Å²) in [6, 6.07) is 15.1. The Kier molecular flexibility index (Phi) is 7.71. The van der Waals surface area contributed by atoms with Crippen molar-refractivity contribution in [2.24, 2.45) is 0 Å². The SMILES string of the molecule is CC(=O)OCn1cc(-c2ccnc(C#N)c2)c2cc(-c3cccc(NC(=O)/C=C/CN(C)C)c3)cnc21. The van der Waals surface area contributed by atoms with Crippen molar-refractivity contribution in [1.82, 2.24) is 19.4 Å². The van der Waals surface area contributed by atoms with E-state index >= 15 is 0 Å². The maximum Gasteiger partial charge on any atom is 0.304 e. The molecule has 1 amide bonds. The van der Waals surface area contributed by atoms with Gasteiger partial charge in [-0.25, -0.2) is 9.97 Å². The van der Waals surface area contributed by atoms with E-state index in [1.165, 1.54) is 13.0 Å². The van der Waals surface area contributed by atoms with Crippen molar-refractivity contribution in [1.29, 1.82) is 5.26 Å². The smallest absolute Gasteiger partial charge is 0.304 e. The van der Waals surface area contributed by atoms with Crippen LogP contribution in [-0.4, -0.2) is 52.0 Å². The van der Waals surface area contributed by atoms with Crippen LogP contribution in [0.2, 0.25) is 0 Å². The van der Waals surface area contributed by atoms with Gasteiger partial charge in [-0.1, -0.05) is 18.2 Å². The van der Waals surface area contributed by atoms with Crippen LogP contribution in [0.25, 0.3) is 33.3 Å². The molecule has 9 nitrogen and oxygen atoms in total. The van der Waals surface area contributed by atoms with E-state index in [-0.39, 0.29) is 12.6 Å². The van der Waals surface area contributed by atoms with Crippen molar-refractivity contribution in [3.63, 3.8) is 0 Å². The maximum absolute atomic E-state index is 12.3. The number of rotatable bonds is 8. The van der Waals surface area contributed by atoms with Gasteiger partial charge in [-0.05, 0) is 55.6 Å². The van der Waals surface area contributed by atoms with Gasteiger partial charge in [0.25, 0.3) is 0 Å². The van der Waals surface area contributed by atoms with E-state index in [0.717, 1.165) is 27.6 Å². The standard InChI is InChI=1S/C28H26N6O3/c1-19(35)37-18-34-17-26(21-9-10-30-24(13-21)15-29)25-14-22(16-31-28(25)34)20-6-4-7-23(12-20)32-27(36)8-5-11-33(2)3/h4-10,12-14,16-17H,11,18H2,1-3H3,(H,32,36)/b8-5+. The molecule has 4 rings (SSSR count). The predicted octanol–water partition coefficient (Wildman–Crippen LogP) is 4.21. The molecule has 3 heterocycles. The maximum atomic E-state index is 12.3. The van der Waals surface area contributed by atoms with Gasteiger partial charge in [-0.3, -0.25) is 14.2 Å². The van der Waals surface area contributed by atoms with Crippen LogP contribution in [0, 0.1) is 11.3 Å². The van der Waals surface area contributed by atoms with Crippen LogP contribution in [0.3, 0.4) is 0 Å². The van der Waals surface area contributed by atoms with Gasteiger partial charge in [0.05, 0.1) is 0 Å². The van der Waals surface area contributed by atoms with Crippen molar-refractivity contribution >= 4 is 28.6 Å². The molecule has 0 fully saturated rings. The number of nitriles is 1. The lowest BCUT2D eigenvalue weighted by molar-refractivity contribution is -0.144. The van der Waals surface area contributed by atoms with Gasteiger partial charge in [-0.2, -0.15) is 5.26 Å². The molecule has 0 atom stereocenters. The van der Waals surface area contributed by atoms with E-state index < -0.39 is 5.97 Å². The van der Waals surface area contributed by atoms with Crippen LogP contribution in [0.1, 0.15) is 12.6 Å². The number of fused-ring (bicyclic) bond motifs is 1. The van der Waals surface area contributed by atoms with Crippen LogP contribution >= 0.6 is 0 Å². The molecule has 4 aromatic rings. The minimum atomic E-state index is -0.397. The summed E-state index contributed by atoms with van der Waals surface area (Å²) in [5.41, 5.74) is 4.92. The number of esters is 1. The van der Waals surface area contributed by atoms with Gasteiger partial charge >= 0.3 is 5.97 Å². The highest BCUT2D eigenvalue weighted by Crippen LogP contribution is 2.33. The Labute approximate surface area is 214 Å². The third-order valence-corrected chi connectivity index (χ3v) is 5.51. The molecule has 0 aliphatic heterocycles. The summed E-state index contributed by atoms with van der Waals surface area (Å²) < 4.78 is 6.96. The van der Waals surface area contributed by atoms with Crippen LogP contribution in [0.15, 0.2) is 73.2 Å². The molecular formula is C28H26N6O3. The Bertz CT molecular complexity index is 1530. The van der Waals surface area contributed by atoms with Crippen LogP contribution < -0.4 is 5.32 Å². The second kappa shape index (κ2) is 11.3. The van der Waals surface area contributed by atoms with Crippen molar-refractivity contribution in [3.05, 3.63) is 78.9 Å². The van der Waals surface area contributed by atoms with Gasteiger partial charge in [0, 0.05) is 60.3 Å². The number of ether oxygens (including phenoxy) is 1. The molecular weight excluding hydrogens is 468 g/mol. The molecule has 0 saturated heterocycles. The first kappa shape index (κ1) is 25.3. The normalized spacial score (nSPS) is 11.1. The predicted molar refractivity (Wildman–Crippen MR) is 141 cm³/mol. The Balaban J connectivity index is 1.71. The minimum absolute atomic E-state index is 0.0111. The molecule has 0 unspecified atom stereocenters. The average Bonchev–Trinajstić information content (AvgIpc) is 3.25. The number of pyridine rings is 2. The van der Waals surface area contributed by atoms with E-state index in [1.54, 1.807) is 29.1 Å². The number of amides is 1. The zero-order chi connectivity index (χ0) is 26.4. The first-order chi connectivity index (χ1) is 17.8. The lowest BCUT2D eigenvalue weighted by atomic mass is 10.0. The summed E-state index contributed by atoms with van der Waals surface area (Å²) >= 11 is 0. The third-order valence-electron chi connectivity index (χ3n) is 5.51. The molecule has 0 bridgehead atoms. The lowest BCUT2D eigenvalue weighted by Crippen LogP contribution is -2.12. The number of carbonyl (C=O) groups is 2. The lowest BCUT2D eigenvalue weighted by Gasteiger charge is -2.08. The first-order valence-electron chi connectivity index (χ1n) is 11.6. The van der Waals surface area contributed by atoms with Gasteiger partial charge in [0.2, 0.25) is 5.91 Å². The minimum Gasteiger partial charge on any atom is -0.444 e. The molecule has 37 heavy (non-hydrogen) atoms. The van der Waals surface area contributed by atoms with Crippen molar-refractivity contribution in [3.8, 4) is 28.3 Å².